The number of alkyl halides is 1. The van der Waals surface area contributed by atoms with Gasteiger partial charge < -0.3 is 9.47 Å². The predicted octanol–water partition coefficient (Wildman–Crippen LogP) is 3.53. The van der Waals surface area contributed by atoms with Gasteiger partial charge in [-0.25, -0.2) is 0 Å². The van der Waals surface area contributed by atoms with E-state index in [2.05, 4.69) is 15.9 Å². The first-order valence-electron chi connectivity index (χ1n) is 6.62. The summed E-state index contributed by atoms with van der Waals surface area (Å²) < 4.78 is 11.6. The topological polar surface area (TPSA) is 18.5 Å². The molecule has 0 heterocycles. The third-order valence-electron chi connectivity index (χ3n) is 3.69. The number of rotatable bonds is 7. The van der Waals surface area contributed by atoms with Crippen LogP contribution in [0.15, 0.2) is 0 Å². The van der Waals surface area contributed by atoms with Crippen molar-refractivity contribution in [2.24, 2.45) is 5.92 Å². The van der Waals surface area contributed by atoms with Gasteiger partial charge in [0.15, 0.2) is 0 Å². The van der Waals surface area contributed by atoms with Crippen LogP contribution in [-0.4, -0.2) is 30.8 Å². The Morgan fingerprint density at radius 3 is 2.44 bits per heavy atom. The summed E-state index contributed by atoms with van der Waals surface area (Å²) in [7, 11) is 0. The van der Waals surface area contributed by atoms with Crippen LogP contribution in [0.2, 0.25) is 0 Å². The average molecular weight is 291 g/mol. The van der Waals surface area contributed by atoms with Crippen molar-refractivity contribution in [3.05, 3.63) is 0 Å². The second-order valence-corrected chi connectivity index (χ2v) is 5.80. The molecule has 2 saturated carbocycles. The Balaban J connectivity index is 1.57. The molecule has 2 rings (SSSR count). The molecule has 0 aliphatic heterocycles. The maximum Gasteiger partial charge on any atom is 0.0780 e. The molecule has 3 heteroatoms. The van der Waals surface area contributed by atoms with Crippen molar-refractivity contribution in [1.82, 2.24) is 0 Å². The van der Waals surface area contributed by atoms with Gasteiger partial charge in [0.25, 0.3) is 0 Å². The van der Waals surface area contributed by atoms with Crippen molar-refractivity contribution in [3.63, 3.8) is 0 Å². The lowest BCUT2D eigenvalue weighted by Gasteiger charge is -2.35. The van der Waals surface area contributed by atoms with Gasteiger partial charge in [0.2, 0.25) is 0 Å². The molecule has 0 aromatic heterocycles. The Morgan fingerprint density at radius 1 is 1.06 bits per heavy atom. The van der Waals surface area contributed by atoms with Crippen LogP contribution in [-0.2, 0) is 9.47 Å². The standard InChI is InChI=1S/C13H23BrO2/c14-11-13(6-2-1-3-7-13)16-9-8-15-10-12-4-5-12/h12H,1-11H2. The molecular formula is C13H23BrO2. The first kappa shape index (κ1) is 12.8. The fraction of sp³-hybridized carbons (Fsp3) is 1.00. The molecule has 2 fully saturated rings. The molecule has 0 aromatic carbocycles. The molecule has 0 radical (unpaired) electrons. The minimum atomic E-state index is 0.112. The highest BCUT2D eigenvalue weighted by Crippen LogP contribution is 2.33. The lowest BCUT2D eigenvalue weighted by Crippen LogP contribution is -2.37. The summed E-state index contributed by atoms with van der Waals surface area (Å²) in [6.07, 6.45) is 9.15. The maximum absolute atomic E-state index is 6.05. The molecule has 0 bridgehead atoms. The van der Waals surface area contributed by atoms with Crippen LogP contribution < -0.4 is 0 Å². The van der Waals surface area contributed by atoms with Gasteiger partial charge in [-0.1, -0.05) is 35.2 Å². The van der Waals surface area contributed by atoms with Crippen LogP contribution in [0.1, 0.15) is 44.9 Å². The second-order valence-electron chi connectivity index (χ2n) is 5.24. The number of halogens is 1. The van der Waals surface area contributed by atoms with Crippen molar-refractivity contribution < 1.29 is 9.47 Å². The normalized spacial score (nSPS) is 24.6. The molecule has 0 amide bonds. The molecule has 0 unspecified atom stereocenters. The number of hydrogen-bond donors (Lipinski definition) is 0. The van der Waals surface area contributed by atoms with Gasteiger partial charge in [-0.15, -0.1) is 0 Å². The zero-order valence-corrected chi connectivity index (χ0v) is 11.6. The van der Waals surface area contributed by atoms with E-state index in [1.807, 2.05) is 0 Å². The first-order chi connectivity index (χ1) is 7.85. The van der Waals surface area contributed by atoms with Crippen LogP contribution in [0.3, 0.4) is 0 Å². The minimum Gasteiger partial charge on any atom is -0.379 e. The molecule has 94 valence electrons. The molecule has 16 heavy (non-hydrogen) atoms. The summed E-state index contributed by atoms with van der Waals surface area (Å²) in [5, 5.41) is 0.975. The van der Waals surface area contributed by atoms with Gasteiger partial charge in [0.1, 0.15) is 0 Å². The SMILES string of the molecule is BrCC1(OCCOCC2CC2)CCCCC1. The van der Waals surface area contributed by atoms with E-state index in [9.17, 15) is 0 Å². The van der Waals surface area contributed by atoms with Crippen molar-refractivity contribution in [2.75, 3.05) is 25.2 Å². The van der Waals surface area contributed by atoms with Gasteiger partial charge >= 0.3 is 0 Å². The summed E-state index contributed by atoms with van der Waals surface area (Å²) in [4.78, 5) is 0. The Kier molecular flexibility index (Phi) is 5.11. The molecule has 0 atom stereocenters. The Labute approximate surface area is 107 Å². The van der Waals surface area contributed by atoms with E-state index in [1.54, 1.807) is 0 Å². The van der Waals surface area contributed by atoms with Gasteiger partial charge in [0.05, 0.1) is 18.8 Å². The van der Waals surface area contributed by atoms with Gasteiger partial charge in [0, 0.05) is 11.9 Å². The Morgan fingerprint density at radius 2 is 1.81 bits per heavy atom. The zero-order valence-electron chi connectivity index (χ0n) is 10.0. The largest absolute Gasteiger partial charge is 0.379 e. The zero-order chi connectivity index (χ0) is 11.3. The van der Waals surface area contributed by atoms with E-state index in [0.29, 0.717) is 0 Å². The second kappa shape index (κ2) is 6.36. The van der Waals surface area contributed by atoms with Gasteiger partial charge in [-0.2, -0.15) is 0 Å². The van der Waals surface area contributed by atoms with Crippen LogP contribution in [0.25, 0.3) is 0 Å². The van der Waals surface area contributed by atoms with Crippen molar-refractivity contribution >= 4 is 15.9 Å². The Bertz CT molecular complexity index is 198. The molecular weight excluding hydrogens is 268 g/mol. The summed E-state index contributed by atoms with van der Waals surface area (Å²) in [6.45, 7) is 2.48. The number of ether oxygens (including phenoxy) is 2. The fourth-order valence-electron chi connectivity index (χ4n) is 2.36. The Hall–Kier alpha value is 0.400. The van der Waals surface area contributed by atoms with E-state index < -0.39 is 0 Å². The molecule has 0 N–H and O–H groups in total. The van der Waals surface area contributed by atoms with Gasteiger partial charge in [-0.05, 0) is 31.6 Å². The van der Waals surface area contributed by atoms with Crippen LogP contribution >= 0.6 is 15.9 Å². The summed E-state index contributed by atoms with van der Waals surface area (Å²) in [5.74, 6) is 0.861. The maximum atomic E-state index is 6.05. The van der Waals surface area contributed by atoms with Crippen LogP contribution in [0.5, 0.6) is 0 Å². The molecule has 2 aliphatic carbocycles. The van der Waals surface area contributed by atoms with Crippen molar-refractivity contribution in [1.29, 1.82) is 0 Å². The molecule has 0 spiro atoms. The highest BCUT2D eigenvalue weighted by Gasteiger charge is 2.31. The lowest BCUT2D eigenvalue weighted by molar-refractivity contribution is -0.0727. The lowest BCUT2D eigenvalue weighted by atomic mass is 9.86. The smallest absolute Gasteiger partial charge is 0.0780 e. The summed E-state index contributed by atoms with van der Waals surface area (Å²) >= 11 is 3.60. The van der Waals surface area contributed by atoms with Crippen LogP contribution in [0.4, 0.5) is 0 Å². The minimum absolute atomic E-state index is 0.112. The monoisotopic (exact) mass is 290 g/mol. The molecule has 0 aromatic rings. The third-order valence-corrected chi connectivity index (χ3v) is 4.72. The number of hydrogen-bond acceptors (Lipinski definition) is 2. The van der Waals surface area contributed by atoms with E-state index in [4.69, 9.17) is 9.47 Å². The summed E-state index contributed by atoms with van der Waals surface area (Å²) in [6, 6.07) is 0. The summed E-state index contributed by atoms with van der Waals surface area (Å²) in [5.41, 5.74) is 0.112. The molecule has 0 saturated heterocycles. The van der Waals surface area contributed by atoms with Gasteiger partial charge in [-0.3, -0.25) is 0 Å². The fourth-order valence-corrected chi connectivity index (χ4v) is 3.09. The average Bonchev–Trinajstić information content (AvgIpc) is 3.14. The molecule has 2 nitrogen and oxygen atoms in total. The van der Waals surface area contributed by atoms with E-state index in [0.717, 1.165) is 31.1 Å². The van der Waals surface area contributed by atoms with E-state index >= 15 is 0 Å². The predicted molar refractivity (Wildman–Crippen MR) is 69.1 cm³/mol. The van der Waals surface area contributed by atoms with E-state index in [-0.39, 0.29) is 5.60 Å². The van der Waals surface area contributed by atoms with E-state index in [1.165, 1.54) is 44.9 Å². The quantitative estimate of drug-likeness (QED) is 0.528. The van der Waals surface area contributed by atoms with Crippen LogP contribution in [0, 0.1) is 5.92 Å². The first-order valence-corrected chi connectivity index (χ1v) is 7.74. The third kappa shape index (κ3) is 4.01. The van der Waals surface area contributed by atoms with Crippen molar-refractivity contribution in [3.8, 4) is 0 Å². The molecule has 2 aliphatic rings. The highest BCUT2D eigenvalue weighted by atomic mass is 79.9. The highest BCUT2D eigenvalue weighted by molar-refractivity contribution is 9.09. The van der Waals surface area contributed by atoms with Crippen molar-refractivity contribution in [2.45, 2.75) is 50.5 Å².